The summed E-state index contributed by atoms with van der Waals surface area (Å²) in [5, 5.41) is 7.32. The average Bonchev–Trinajstić information content (AvgIpc) is 2.94. The van der Waals surface area contributed by atoms with Crippen molar-refractivity contribution >= 4 is 5.82 Å². The summed E-state index contributed by atoms with van der Waals surface area (Å²) in [7, 11) is 0. The van der Waals surface area contributed by atoms with Crippen molar-refractivity contribution in [2.75, 3.05) is 18.4 Å². The second kappa shape index (κ2) is 5.96. The summed E-state index contributed by atoms with van der Waals surface area (Å²) in [6.45, 7) is 4.78. The summed E-state index contributed by atoms with van der Waals surface area (Å²) in [6, 6.07) is 2.44. The van der Waals surface area contributed by atoms with Gasteiger partial charge in [-0.1, -0.05) is 5.16 Å². The van der Waals surface area contributed by atoms with E-state index in [9.17, 15) is 0 Å². The SMILES string of the molecule is Cc1cc(NC2CCN(Cc3ncon3)CC2)ncn1. The second-order valence-electron chi connectivity index (χ2n) is 5.09. The van der Waals surface area contributed by atoms with Crippen molar-refractivity contribution < 1.29 is 4.52 Å². The molecule has 7 nitrogen and oxygen atoms in total. The number of hydrogen-bond acceptors (Lipinski definition) is 7. The third-order valence-electron chi connectivity index (χ3n) is 3.52. The van der Waals surface area contributed by atoms with E-state index in [1.54, 1.807) is 6.33 Å². The topological polar surface area (TPSA) is 80.0 Å². The van der Waals surface area contributed by atoms with Crippen molar-refractivity contribution in [1.29, 1.82) is 0 Å². The van der Waals surface area contributed by atoms with Gasteiger partial charge in [-0.05, 0) is 19.8 Å². The number of piperidine rings is 1. The Morgan fingerprint density at radius 2 is 2.15 bits per heavy atom. The van der Waals surface area contributed by atoms with Crippen molar-refractivity contribution in [3.8, 4) is 0 Å². The summed E-state index contributed by atoms with van der Waals surface area (Å²) in [4.78, 5) is 14.7. The molecular formula is C13H18N6O. The van der Waals surface area contributed by atoms with Gasteiger partial charge in [-0.15, -0.1) is 0 Å². The molecule has 106 valence electrons. The Morgan fingerprint density at radius 1 is 1.30 bits per heavy atom. The van der Waals surface area contributed by atoms with Crippen LogP contribution in [0.1, 0.15) is 24.4 Å². The molecule has 0 radical (unpaired) electrons. The lowest BCUT2D eigenvalue weighted by Gasteiger charge is -2.31. The quantitative estimate of drug-likeness (QED) is 0.898. The van der Waals surface area contributed by atoms with Crippen LogP contribution in [0.25, 0.3) is 0 Å². The molecule has 20 heavy (non-hydrogen) atoms. The summed E-state index contributed by atoms with van der Waals surface area (Å²) in [5.41, 5.74) is 0.983. The van der Waals surface area contributed by atoms with E-state index in [-0.39, 0.29) is 0 Å². The zero-order chi connectivity index (χ0) is 13.8. The molecule has 0 unspecified atom stereocenters. The lowest BCUT2D eigenvalue weighted by molar-refractivity contribution is 0.204. The van der Waals surface area contributed by atoms with Gasteiger partial charge in [0.25, 0.3) is 0 Å². The maximum absolute atomic E-state index is 4.75. The van der Waals surface area contributed by atoms with Gasteiger partial charge in [-0.3, -0.25) is 4.90 Å². The number of aryl methyl sites for hydroxylation is 1. The van der Waals surface area contributed by atoms with Crippen LogP contribution in [0.15, 0.2) is 23.3 Å². The first-order valence-electron chi connectivity index (χ1n) is 6.82. The molecule has 3 heterocycles. The van der Waals surface area contributed by atoms with Gasteiger partial charge in [0, 0.05) is 30.9 Å². The monoisotopic (exact) mass is 274 g/mol. The smallest absolute Gasteiger partial charge is 0.213 e. The van der Waals surface area contributed by atoms with Crippen molar-refractivity contribution in [2.24, 2.45) is 0 Å². The molecule has 1 saturated heterocycles. The summed E-state index contributed by atoms with van der Waals surface area (Å²) in [6.07, 6.45) is 5.14. The number of rotatable bonds is 4. The Bertz CT molecular complexity index is 536. The van der Waals surface area contributed by atoms with Gasteiger partial charge in [-0.2, -0.15) is 4.98 Å². The molecule has 0 amide bonds. The lowest BCUT2D eigenvalue weighted by Crippen LogP contribution is -2.39. The highest BCUT2D eigenvalue weighted by Crippen LogP contribution is 2.16. The predicted molar refractivity (Wildman–Crippen MR) is 73.0 cm³/mol. The molecule has 2 aromatic rings. The van der Waals surface area contributed by atoms with Gasteiger partial charge in [-0.25, -0.2) is 9.97 Å². The third-order valence-corrected chi connectivity index (χ3v) is 3.52. The van der Waals surface area contributed by atoms with Crippen LogP contribution in [-0.2, 0) is 6.54 Å². The van der Waals surface area contributed by atoms with Gasteiger partial charge in [0.2, 0.25) is 6.39 Å². The zero-order valence-electron chi connectivity index (χ0n) is 11.5. The van der Waals surface area contributed by atoms with Crippen molar-refractivity contribution in [1.82, 2.24) is 25.0 Å². The second-order valence-corrected chi connectivity index (χ2v) is 5.09. The minimum atomic E-state index is 0.464. The Hall–Kier alpha value is -2.02. The maximum atomic E-state index is 4.75. The largest absolute Gasteiger partial charge is 0.367 e. The van der Waals surface area contributed by atoms with E-state index in [1.165, 1.54) is 6.39 Å². The summed E-state index contributed by atoms with van der Waals surface area (Å²) >= 11 is 0. The van der Waals surface area contributed by atoms with Gasteiger partial charge >= 0.3 is 0 Å². The molecule has 1 fully saturated rings. The Labute approximate surface area is 117 Å². The van der Waals surface area contributed by atoms with Gasteiger partial charge in [0.1, 0.15) is 12.1 Å². The first kappa shape index (κ1) is 13.0. The van der Waals surface area contributed by atoms with Crippen LogP contribution in [0.5, 0.6) is 0 Å². The molecule has 0 aromatic carbocycles. The number of aromatic nitrogens is 4. The Balaban J connectivity index is 1.48. The van der Waals surface area contributed by atoms with E-state index in [2.05, 4.69) is 30.3 Å². The predicted octanol–water partition coefficient (Wildman–Crippen LogP) is 1.24. The minimum absolute atomic E-state index is 0.464. The fraction of sp³-hybridized carbons (Fsp3) is 0.538. The van der Waals surface area contributed by atoms with Crippen LogP contribution in [0, 0.1) is 6.92 Å². The van der Waals surface area contributed by atoms with Gasteiger partial charge in [0.05, 0.1) is 6.54 Å². The number of nitrogens with one attached hydrogen (secondary N) is 1. The molecule has 2 aromatic heterocycles. The van der Waals surface area contributed by atoms with E-state index in [1.807, 2.05) is 13.0 Å². The van der Waals surface area contributed by atoms with Crippen molar-refractivity contribution in [2.45, 2.75) is 32.4 Å². The molecule has 0 spiro atoms. The highest BCUT2D eigenvalue weighted by Gasteiger charge is 2.20. The number of likely N-dealkylation sites (tertiary alicyclic amines) is 1. The number of hydrogen-bond donors (Lipinski definition) is 1. The molecular weight excluding hydrogens is 256 g/mol. The average molecular weight is 274 g/mol. The molecule has 7 heteroatoms. The third kappa shape index (κ3) is 3.30. The highest BCUT2D eigenvalue weighted by molar-refractivity contribution is 5.35. The van der Waals surface area contributed by atoms with E-state index >= 15 is 0 Å². The molecule has 0 saturated carbocycles. The van der Waals surface area contributed by atoms with Crippen molar-refractivity contribution in [3.63, 3.8) is 0 Å². The molecule has 0 bridgehead atoms. The van der Waals surface area contributed by atoms with Crippen LogP contribution >= 0.6 is 0 Å². The molecule has 1 aliphatic heterocycles. The number of anilines is 1. The molecule has 1 aliphatic rings. The lowest BCUT2D eigenvalue weighted by atomic mass is 10.1. The van der Waals surface area contributed by atoms with Crippen LogP contribution in [-0.4, -0.2) is 44.1 Å². The van der Waals surface area contributed by atoms with E-state index < -0.39 is 0 Å². The van der Waals surface area contributed by atoms with Crippen molar-refractivity contribution in [3.05, 3.63) is 30.3 Å². The minimum Gasteiger partial charge on any atom is -0.367 e. The van der Waals surface area contributed by atoms with Crippen LogP contribution in [0.2, 0.25) is 0 Å². The zero-order valence-corrected chi connectivity index (χ0v) is 11.5. The first-order valence-corrected chi connectivity index (χ1v) is 6.82. The molecule has 1 N–H and O–H groups in total. The molecule has 0 aliphatic carbocycles. The fourth-order valence-electron chi connectivity index (χ4n) is 2.44. The van der Waals surface area contributed by atoms with Crippen LogP contribution < -0.4 is 5.32 Å². The summed E-state index contributed by atoms with van der Waals surface area (Å²) in [5.74, 6) is 1.66. The van der Waals surface area contributed by atoms with Gasteiger partial charge in [0.15, 0.2) is 5.82 Å². The van der Waals surface area contributed by atoms with Crippen LogP contribution in [0.4, 0.5) is 5.82 Å². The summed E-state index contributed by atoms with van der Waals surface area (Å²) < 4.78 is 4.75. The fourth-order valence-corrected chi connectivity index (χ4v) is 2.44. The highest BCUT2D eigenvalue weighted by atomic mass is 16.5. The standard InChI is InChI=1S/C13H18N6O/c1-10-6-12(15-8-14-10)17-11-2-4-19(5-3-11)7-13-16-9-20-18-13/h6,8-9,11H,2-5,7H2,1H3,(H,14,15,17). The van der Waals surface area contributed by atoms with E-state index in [4.69, 9.17) is 4.52 Å². The number of nitrogens with zero attached hydrogens (tertiary/aromatic N) is 5. The van der Waals surface area contributed by atoms with Gasteiger partial charge < -0.3 is 9.84 Å². The normalized spacial score (nSPS) is 17.2. The molecule has 3 rings (SSSR count). The Morgan fingerprint density at radius 3 is 2.85 bits per heavy atom. The van der Waals surface area contributed by atoms with E-state index in [0.29, 0.717) is 6.04 Å². The maximum Gasteiger partial charge on any atom is 0.213 e. The Kier molecular flexibility index (Phi) is 3.87. The molecule has 0 atom stereocenters. The van der Waals surface area contributed by atoms with E-state index in [0.717, 1.165) is 49.8 Å². The first-order chi connectivity index (χ1) is 9.79. The van der Waals surface area contributed by atoms with Crippen LogP contribution in [0.3, 0.4) is 0 Å².